The molecule has 1 aromatic heterocycles. The van der Waals surface area contributed by atoms with Gasteiger partial charge in [0.05, 0.1) is 5.69 Å². The lowest BCUT2D eigenvalue weighted by molar-refractivity contribution is -0.0523. The summed E-state index contributed by atoms with van der Waals surface area (Å²) in [6, 6.07) is 6.44. The van der Waals surface area contributed by atoms with E-state index in [1.165, 1.54) is 24.4 Å². The van der Waals surface area contributed by atoms with E-state index < -0.39 is 45.5 Å². The quantitative estimate of drug-likeness (QED) is 0.543. The molecule has 3 rings (SSSR count). The van der Waals surface area contributed by atoms with Crippen LogP contribution in [-0.4, -0.2) is 20.0 Å². The third-order valence-corrected chi connectivity index (χ3v) is 5.35. The molecule has 0 aliphatic rings. The van der Waals surface area contributed by atoms with Gasteiger partial charge >= 0.3 is 6.61 Å². The Morgan fingerprint density at radius 1 is 0.966 bits per heavy atom. The molecule has 0 spiro atoms. The van der Waals surface area contributed by atoms with Crippen LogP contribution in [0.15, 0.2) is 53.7 Å². The molecule has 0 unspecified atom stereocenters. The number of hydrogen-bond acceptors (Lipinski definition) is 3. The molecule has 0 fully saturated rings. The van der Waals surface area contributed by atoms with Gasteiger partial charge < -0.3 is 9.72 Å². The fraction of sp³-hybridized carbons (Fsp3) is 0.111. The second-order valence-corrected chi connectivity index (χ2v) is 7.51. The molecule has 2 N–H and O–H groups in total. The predicted octanol–water partition coefficient (Wildman–Crippen LogP) is 4.43. The van der Waals surface area contributed by atoms with Gasteiger partial charge in [-0.15, -0.1) is 0 Å². The maximum atomic E-state index is 14.1. The zero-order valence-electron chi connectivity index (χ0n) is 14.4. The summed E-state index contributed by atoms with van der Waals surface area (Å²) in [5, 5.41) is 0. The Morgan fingerprint density at radius 3 is 2.38 bits per heavy atom. The molecule has 29 heavy (non-hydrogen) atoms. The largest absolute Gasteiger partial charge is 0.432 e. The fourth-order valence-electron chi connectivity index (χ4n) is 2.61. The SMILES string of the molecule is O=S(=O)(Nc1cc(F)c(OC(F)F)cc1F)c1c[nH]cc1Cc1ccccc1F. The van der Waals surface area contributed by atoms with Crippen LogP contribution in [0.2, 0.25) is 0 Å². The van der Waals surface area contributed by atoms with Gasteiger partial charge in [-0.05, 0) is 17.2 Å². The van der Waals surface area contributed by atoms with Crippen molar-refractivity contribution in [3.63, 3.8) is 0 Å². The number of aromatic nitrogens is 1. The fourth-order valence-corrected chi connectivity index (χ4v) is 3.87. The second-order valence-electron chi connectivity index (χ2n) is 5.86. The van der Waals surface area contributed by atoms with Gasteiger partial charge in [0.2, 0.25) is 0 Å². The van der Waals surface area contributed by atoms with Crippen molar-refractivity contribution in [1.29, 1.82) is 0 Å². The van der Waals surface area contributed by atoms with Crippen molar-refractivity contribution in [2.45, 2.75) is 17.9 Å². The Balaban J connectivity index is 1.89. The maximum absolute atomic E-state index is 14.1. The first kappa shape index (κ1) is 20.6. The number of hydrogen-bond donors (Lipinski definition) is 2. The number of anilines is 1. The molecule has 0 radical (unpaired) electrons. The minimum atomic E-state index is -4.41. The van der Waals surface area contributed by atoms with E-state index in [1.807, 2.05) is 4.72 Å². The third-order valence-electron chi connectivity index (χ3n) is 3.90. The van der Waals surface area contributed by atoms with Crippen LogP contribution >= 0.6 is 0 Å². The number of halogens is 5. The van der Waals surface area contributed by atoms with Gasteiger partial charge in [0, 0.05) is 30.9 Å². The Kier molecular flexibility index (Phi) is 5.78. The lowest BCUT2D eigenvalue weighted by Gasteiger charge is -2.12. The van der Waals surface area contributed by atoms with Crippen LogP contribution < -0.4 is 9.46 Å². The van der Waals surface area contributed by atoms with Crippen LogP contribution in [0.1, 0.15) is 11.1 Å². The standard InChI is InChI=1S/C18H13F5N2O3S/c19-12-4-2-1-3-10(12)5-11-8-24-9-17(11)29(26,27)25-15-6-14(21)16(7-13(15)20)28-18(22)23/h1-4,6-9,18,24-25H,5H2. The topological polar surface area (TPSA) is 71.2 Å². The maximum Gasteiger partial charge on any atom is 0.387 e. The lowest BCUT2D eigenvalue weighted by atomic mass is 10.1. The zero-order valence-corrected chi connectivity index (χ0v) is 15.2. The minimum Gasteiger partial charge on any atom is -0.432 e. The van der Waals surface area contributed by atoms with Gasteiger partial charge in [-0.3, -0.25) is 4.72 Å². The molecule has 2 aromatic carbocycles. The molecule has 0 saturated heterocycles. The van der Waals surface area contributed by atoms with Gasteiger partial charge in [-0.1, -0.05) is 18.2 Å². The highest BCUT2D eigenvalue weighted by atomic mass is 32.2. The third kappa shape index (κ3) is 4.67. The van der Waals surface area contributed by atoms with E-state index in [9.17, 15) is 30.4 Å². The van der Waals surface area contributed by atoms with E-state index in [1.54, 1.807) is 6.07 Å². The Labute approximate surface area is 162 Å². The average Bonchev–Trinajstić information content (AvgIpc) is 3.10. The highest BCUT2D eigenvalue weighted by Gasteiger charge is 2.23. The van der Waals surface area contributed by atoms with Crippen LogP contribution in [0.5, 0.6) is 5.75 Å². The number of rotatable bonds is 7. The number of benzene rings is 2. The van der Waals surface area contributed by atoms with Gasteiger partial charge in [0.25, 0.3) is 10.0 Å². The van der Waals surface area contributed by atoms with Crippen molar-refractivity contribution in [2.75, 3.05) is 4.72 Å². The molecule has 0 bridgehead atoms. The first-order valence-electron chi connectivity index (χ1n) is 8.03. The molecule has 0 atom stereocenters. The van der Waals surface area contributed by atoms with Crippen molar-refractivity contribution in [1.82, 2.24) is 4.98 Å². The van der Waals surface area contributed by atoms with Crippen LogP contribution in [0.25, 0.3) is 0 Å². The van der Waals surface area contributed by atoms with E-state index in [4.69, 9.17) is 0 Å². The number of alkyl halides is 2. The first-order valence-corrected chi connectivity index (χ1v) is 9.51. The number of nitrogens with one attached hydrogen (secondary N) is 2. The van der Waals surface area contributed by atoms with Crippen molar-refractivity contribution in [3.05, 3.63) is 77.4 Å². The Hall–Kier alpha value is -3.08. The normalized spacial score (nSPS) is 11.7. The Morgan fingerprint density at radius 2 is 1.69 bits per heavy atom. The van der Waals surface area contributed by atoms with Gasteiger partial charge in [-0.25, -0.2) is 21.6 Å². The number of sulfonamides is 1. The van der Waals surface area contributed by atoms with E-state index in [0.29, 0.717) is 12.1 Å². The molecule has 0 saturated carbocycles. The molecule has 5 nitrogen and oxygen atoms in total. The summed E-state index contributed by atoms with van der Waals surface area (Å²) < 4.78 is 97.0. The molecular weight excluding hydrogens is 419 g/mol. The van der Waals surface area contributed by atoms with Crippen LogP contribution in [0.4, 0.5) is 27.6 Å². The van der Waals surface area contributed by atoms with Crippen LogP contribution in [-0.2, 0) is 16.4 Å². The summed E-state index contributed by atoms with van der Waals surface area (Å²) in [6.07, 6.45) is 2.35. The molecule has 154 valence electrons. The molecule has 0 aliphatic carbocycles. The summed E-state index contributed by atoms with van der Waals surface area (Å²) in [6.45, 7) is -3.38. The van der Waals surface area contributed by atoms with E-state index in [2.05, 4.69) is 9.72 Å². The Bertz CT molecular complexity index is 1130. The summed E-state index contributed by atoms with van der Waals surface area (Å²) >= 11 is 0. The molecule has 1 heterocycles. The zero-order chi connectivity index (χ0) is 21.2. The monoisotopic (exact) mass is 432 g/mol. The lowest BCUT2D eigenvalue weighted by Crippen LogP contribution is -2.16. The molecule has 0 aliphatic heterocycles. The summed E-state index contributed by atoms with van der Waals surface area (Å²) in [5.41, 5.74) is -0.391. The van der Waals surface area contributed by atoms with Crippen LogP contribution in [0, 0.1) is 17.5 Å². The molecule has 3 aromatic rings. The predicted molar refractivity (Wildman–Crippen MR) is 93.8 cm³/mol. The van der Waals surface area contributed by atoms with Crippen LogP contribution in [0.3, 0.4) is 0 Å². The smallest absolute Gasteiger partial charge is 0.387 e. The van der Waals surface area contributed by atoms with E-state index in [-0.39, 0.29) is 22.4 Å². The highest BCUT2D eigenvalue weighted by molar-refractivity contribution is 7.92. The van der Waals surface area contributed by atoms with E-state index in [0.717, 1.165) is 6.20 Å². The summed E-state index contributed by atoms with van der Waals surface area (Å²) in [5.74, 6) is -4.31. The first-order chi connectivity index (χ1) is 13.7. The second kappa shape index (κ2) is 8.11. The highest BCUT2D eigenvalue weighted by Crippen LogP contribution is 2.29. The number of aromatic amines is 1. The van der Waals surface area contributed by atoms with Gasteiger partial charge in [-0.2, -0.15) is 8.78 Å². The summed E-state index contributed by atoms with van der Waals surface area (Å²) in [4.78, 5) is 2.26. The van der Waals surface area contributed by atoms with Crippen molar-refractivity contribution in [2.24, 2.45) is 0 Å². The molecule has 11 heteroatoms. The molecular formula is C18H13F5N2O3S. The van der Waals surface area contributed by atoms with Gasteiger partial charge in [0.1, 0.15) is 10.7 Å². The minimum absolute atomic E-state index is 0.0789. The van der Waals surface area contributed by atoms with Crippen molar-refractivity contribution < 1.29 is 35.1 Å². The van der Waals surface area contributed by atoms with Crippen molar-refractivity contribution in [3.8, 4) is 5.75 Å². The molecule has 0 amide bonds. The number of ether oxygens (including phenoxy) is 1. The average molecular weight is 432 g/mol. The van der Waals surface area contributed by atoms with Crippen molar-refractivity contribution >= 4 is 15.7 Å². The van der Waals surface area contributed by atoms with Gasteiger partial charge in [0.15, 0.2) is 17.4 Å². The van der Waals surface area contributed by atoms with E-state index >= 15 is 0 Å². The number of H-pyrrole nitrogens is 1. The summed E-state index contributed by atoms with van der Waals surface area (Å²) in [7, 11) is -4.41.